The second kappa shape index (κ2) is 4.78. The molecule has 2 aromatic heterocycles. The number of esters is 1. The fraction of sp³-hybridized carbons (Fsp3) is 0.529. The third-order valence-corrected chi connectivity index (χ3v) is 5.63. The highest BCUT2D eigenvalue weighted by Gasteiger charge is 2.68. The summed E-state index contributed by atoms with van der Waals surface area (Å²) in [5, 5.41) is 4.20. The first-order chi connectivity index (χ1) is 11.4. The number of amides is 1. The Kier molecular flexibility index (Phi) is 3.01. The van der Waals surface area contributed by atoms with Crippen molar-refractivity contribution in [3.05, 3.63) is 30.2 Å². The minimum absolute atomic E-state index is 0.0287. The lowest BCUT2D eigenvalue weighted by Crippen LogP contribution is -2.57. The van der Waals surface area contributed by atoms with Crippen molar-refractivity contribution >= 4 is 17.5 Å². The van der Waals surface area contributed by atoms with Gasteiger partial charge in [-0.25, -0.2) is 9.50 Å². The van der Waals surface area contributed by atoms with Crippen molar-refractivity contribution < 1.29 is 14.3 Å². The van der Waals surface area contributed by atoms with Gasteiger partial charge < -0.3 is 9.64 Å². The van der Waals surface area contributed by atoms with Crippen LogP contribution in [0.15, 0.2) is 24.5 Å². The summed E-state index contributed by atoms with van der Waals surface area (Å²) in [5.41, 5.74) is 0.513. The number of carbonyl (C=O) groups excluding carboxylic acids is 2. The molecule has 2 aromatic rings. The van der Waals surface area contributed by atoms with E-state index in [0.29, 0.717) is 24.4 Å². The van der Waals surface area contributed by atoms with Crippen LogP contribution in [0.4, 0.5) is 0 Å². The molecule has 0 bridgehead atoms. The average molecular weight is 328 g/mol. The van der Waals surface area contributed by atoms with E-state index < -0.39 is 5.41 Å². The number of methoxy groups -OCH3 is 1. The number of aromatic nitrogens is 3. The predicted octanol–water partition coefficient (Wildman–Crippen LogP) is 1.39. The van der Waals surface area contributed by atoms with Crippen LogP contribution in [0.3, 0.4) is 0 Å². The lowest BCUT2D eigenvalue weighted by atomic mass is 9.48. The molecule has 1 aliphatic heterocycles. The molecule has 7 nitrogen and oxygen atoms in total. The summed E-state index contributed by atoms with van der Waals surface area (Å²) in [5.74, 6) is -0.235. The van der Waals surface area contributed by atoms with Crippen molar-refractivity contribution in [2.24, 2.45) is 16.7 Å². The van der Waals surface area contributed by atoms with Gasteiger partial charge in [-0.15, -0.1) is 0 Å². The second-order valence-corrected chi connectivity index (χ2v) is 7.49. The zero-order chi connectivity index (χ0) is 17.1. The van der Waals surface area contributed by atoms with Gasteiger partial charge in [0.15, 0.2) is 11.3 Å². The molecule has 24 heavy (non-hydrogen) atoms. The predicted molar refractivity (Wildman–Crippen MR) is 85.2 cm³/mol. The van der Waals surface area contributed by atoms with Gasteiger partial charge in [-0.2, -0.15) is 5.10 Å². The Hall–Kier alpha value is -2.44. The number of fused-ring (bicyclic) bond motifs is 2. The maximum Gasteiger partial charge on any atom is 0.314 e. The molecule has 2 aliphatic rings. The summed E-state index contributed by atoms with van der Waals surface area (Å²) < 4.78 is 6.57. The number of hydrogen-bond donors (Lipinski definition) is 0. The highest BCUT2D eigenvalue weighted by molar-refractivity contribution is 5.94. The van der Waals surface area contributed by atoms with Gasteiger partial charge in [0.2, 0.25) is 0 Å². The molecule has 0 aromatic carbocycles. The monoisotopic (exact) mass is 328 g/mol. The molecule has 0 N–H and O–H groups in total. The van der Waals surface area contributed by atoms with Crippen LogP contribution in [0.1, 0.15) is 30.8 Å². The van der Waals surface area contributed by atoms with Gasteiger partial charge in [-0.05, 0) is 29.9 Å². The topological polar surface area (TPSA) is 76.8 Å². The van der Waals surface area contributed by atoms with Crippen LogP contribution in [0, 0.1) is 16.7 Å². The molecule has 2 atom stereocenters. The van der Waals surface area contributed by atoms with Gasteiger partial charge in [0.1, 0.15) is 0 Å². The first kappa shape index (κ1) is 15.1. The van der Waals surface area contributed by atoms with Crippen LogP contribution >= 0.6 is 0 Å². The van der Waals surface area contributed by atoms with Crippen molar-refractivity contribution in [3.8, 4) is 0 Å². The Bertz CT molecular complexity index is 843. The summed E-state index contributed by atoms with van der Waals surface area (Å²) >= 11 is 0. The SMILES string of the molecule is COC(=O)[C@@]12CN(C(=O)c3cnc4cccnn34)C[C@@H]1C(C)(C)C2. The first-order valence-electron chi connectivity index (χ1n) is 8.05. The Labute approximate surface area is 139 Å². The molecule has 1 amide bonds. The van der Waals surface area contributed by atoms with Crippen molar-refractivity contribution in [2.45, 2.75) is 20.3 Å². The van der Waals surface area contributed by atoms with E-state index in [-0.39, 0.29) is 23.2 Å². The lowest BCUT2D eigenvalue weighted by molar-refractivity contribution is -0.174. The molecular formula is C17H20N4O3. The van der Waals surface area contributed by atoms with Crippen molar-refractivity contribution in [2.75, 3.05) is 20.2 Å². The Morgan fingerprint density at radius 3 is 2.88 bits per heavy atom. The minimum atomic E-state index is -0.568. The Balaban J connectivity index is 1.66. The molecule has 0 unspecified atom stereocenters. The highest BCUT2D eigenvalue weighted by Crippen LogP contribution is 2.63. The van der Waals surface area contributed by atoms with Gasteiger partial charge in [0.05, 0.1) is 18.7 Å². The third-order valence-electron chi connectivity index (χ3n) is 5.63. The van der Waals surface area contributed by atoms with E-state index in [1.54, 1.807) is 33.9 Å². The summed E-state index contributed by atoms with van der Waals surface area (Å²) in [6.45, 7) is 5.24. The molecule has 126 valence electrons. The maximum atomic E-state index is 13.0. The van der Waals surface area contributed by atoms with Gasteiger partial charge in [0.25, 0.3) is 5.91 Å². The molecule has 1 saturated carbocycles. The van der Waals surface area contributed by atoms with E-state index in [0.717, 1.165) is 6.42 Å². The van der Waals surface area contributed by atoms with Gasteiger partial charge in [-0.1, -0.05) is 13.8 Å². The standard InChI is InChI=1S/C17H20N4O3/c1-16(2)9-17(15(23)24-3)10-20(8-12(16)17)14(22)11-7-18-13-5-4-6-19-21(11)13/h4-7,12H,8-10H2,1-3H3/t12-,17+/m1/s1. The van der Waals surface area contributed by atoms with Crippen molar-refractivity contribution in [1.82, 2.24) is 19.5 Å². The van der Waals surface area contributed by atoms with Crippen LogP contribution in [0.25, 0.3) is 5.65 Å². The van der Waals surface area contributed by atoms with Crippen LogP contribution in [-0.4, -0.2) is 51.6 Å². The second-order valence-electron chi connectivity index (χ2n) is 7.49. The van der Waals surface area contributed by atoms with Gasteiger partial charge in [-0.3, -0.25) is 9.59 Å². The molecule has 1 aliphatic carbocycles. The fourth-order valence-electron chi connectivity index (χ4n) is 4.66. The lowest BCUT2D eigenvalue weighted by Gasteiger charge is -2.54. The number of likely N-dealkylation sites (tertiary alicyclic amines) is 1. The van der Waals surface area contributed by atoms with Crippen molar-refractivity contribution in [1.29, 1.82) is 0 Å². The smallest absolute Gasteiger partial charge is 0.314 e. The Morgan fingerprint density at radius 1 is 1.38 bits per heavy atom. The first-order valence-corrected chi connectivity index (χ1v) is 8.05. The van der Waals surface area contributed by atoms with Crippen LogP contribution < -0.4 is 0 Å². The number of rotatable bonds is 2. The molecule has 7 heteroatoms. The number of carbonyl (C=O) groups is 2. The summed E-state index contributed by atoms with van der Waals surface area (Å²) in [7, 11) is 1.42. The highest BCUT2D eigenvalue weighted by atomic mass is 16.5. The minimum Gasteiger partial charge on any atom is -0.469 e. The third kappa shape index (κ3) is 1.84. The number of ether oxygens (including phenoxy) is 1. The molecule has 1 saturated heterocycles. The molecule has 0 radical (unpaired) electrons. The maximum absolute atomic E-state index is 13.0. The normalized spacial score (nSPS) is 27.6. The molecule has 0 spiro atoms. The fourth-order valence-corrected chi connectivity index (χ4v) is 4.66. The quantitative estimate of drug-likeness (QED) is 0.779. The van der Waals surface area contributed by atoms with Crippen LogP contribution in [-0.2, 0) is 9.53 Å². The molecular weight excluding hydrogens is 308 g/mol. The van der Waals surface area contributed by atoms with E-state index in [9.17, 15) is 9.59 Å². The van der Waals surface area contributed by atoms with Gasteiger partial charge >= 0.3 is 5.97 Å². The molecule has 4 rings (SSSR count). The van der Waals surface area contributed by atoms with E-state index in [1.807, 2.05) is 0 Å². The number of imidazole rings is 1. The van der Waals surface area contributed by atoms with E-state index in [4.69, 9.17) is 4.74 Å². The number of hydrogen-bond acceptors (Lipinski definition) is 5. The van der Waals surface area contributed by atoms with E-state index in [1.165, 1.54) is 7.11 Å². The van der Waals surface area contributed by atoms with E-state index in [2.05, 4.69) is 23.9 Å². The summed E-state index contributed by atoms with van der Waals surface area (Å²) in [6, 6.07) is 3.58. The summed E-state index contributed by atoms with van der Waals surface area (Å²) in [6.07, 6.45) is 3.91. The molecule has 3 heterocycles. The van der Waals surface area contributed by atoms with Crippen molar-refractivity contribution in [3.63, 3.8) is 0 Å². The summed E-state index contributed by atoms with van der Waals surface area (Å²) in [4.78, 5) is 31.3. The zero-order valence-corrected chi connectivity index (χ0v) is 14.0. The van der Waals surface area contributed by atoms with Gasteiger partial charge in [0, 0.05) is 19.3 Å². The van der Waals surface area contributed by atoms with Crippen LogP contribution in [0.5, 0.6) is 0 Å². The molecule has 2 fully saturated rings. The Morgan fingerprint density at radius 2 is 2.17 bits per heavy atom. The van der Waals surface area contributed by atoms with Crippen LogP contribution in [0.2, 0.25) is 0 Å². The number of nitrogens with zero attached hydrogens (tertiary/aromatic N) is 4. The average Bonchev–Trinajstić information content (AvgIpc) is 3.13. The largest absolute Gasteiger partial charge is 0.469 e. The zero-order valence-electron chi connectivity index (χ0n) is 14.0. The van der Waals surface area contributed by atoms with E-state index >= 15 is 0 Å².